The van der Waals surface area contributed by atoms with Gasteiger partial charge in [0.05, 0.1) is 18.2 Å². The molecular weight excluding hydrogens is 413 g/mol. The molecule has 0 bridgehead atoms. The molecule has 0 aliphatic rings. The van der Waals surface area contributed by atoms with E-state index >= 15 is 0 Å². The van der Waals surface area contributed by atoms with Gasteiger partial charge >= 0.3 is 0 Å². The monoisotopic (exact) mass is 435 g/mol. The summed E-state index contributed by atoms with van der Waals surface area (Å²) >= 11 is 12.0. The standard InChI is InChI=1S/C21H23Cl2N3O3/c1-26-9-8-24-21(26)20(14-4-3-5-17(10-14)28-2)25-12-16(27)13-29-19-7-6-15(22)11-18(19)23/h3-11,16,20,25,27H,12-13H2,1-2H3. The number of imidazole rings is 1. The molecule has 0 spiro atoms. The summed E-state index contributed by atoms with van der Waals surface area (Å²) in [5.74, 6) is 2.06. The number of nitrogens with one attached hydrogen (secondary N) is 1. The first-order chi connectivity index (χ1) is 14.0. The number of hydrogen-bond donors (Lipinski definition) is 2. The zero-order valence-electron chi connectivity index (χ0n) is 16.2. The predicted molar refractivity (Wildman–Crippen MR) is 114 cm³/mol. The summed E-state index contributed by atoms with van der Waals surface area (Å²) in [5.41, 5.74) is 0.979. The molecule has 3 aromatic rings. The van der Waals surface area contributed by atoms with Crippen molar-refractivity contribution >= 4 is 23.2 Å². The van der Waals surface area contributed by atoms with E-state index in [1.165, 1.54) is 0 Å². The zero-order valence-corrected chi connectivity index (χ0v) is 17.7. The molecule has 2 unspecified atom stereocenters. The molecule has 0 aliphatic heterocycles. The predicted octanol–water partition coefficient (Wildman–Crippen LogP) is 3.85. The average molecular weight is 436 g/mol. The Labute approximate surface area is 180 Å². The molecule has 1 heterocycles. The van der Waals surface area contributed by atoms with E-state index in [-0.39, 0.29) is 12.6 Å². The Bertz CT molecular complexity index is 948. The van der Waals surface area contributed by atoms with E-state index in [4.69, 9.17) is 32.7 Å². The molecule has 0 radical (unpaired) electrons. The van der Waals surface area contributed by atoms with Crippen molar-refractivity contribution in [1.82, 2.24) is 14.9 Å². The van der Waals surface area contributed by atoms with Crippen LogP contribution in [0.15, 0.2) is 54.9 Å². The van der Waals surface area contributed by atoms with Crippen LogP contribution in [0.3, 0.4) is 0 Å². The van der Waals surface area contributed by atoms with E-state index in [0.29, 0.717) is 22.3 Å². The van der Waals surface area contributed by atoms with Crippen molar-refractivity contribution in [3.63, 3.8) is 0 Å². The van der Waals surface area contributed by atoms with Crippen LogP contribution in [0.1, 0.15) is 17.4 Å². The van der Waals surface area contributed by atoms with Crippen molar-refractivity contribution in [2.45, 2.75) is 12.1 Å². The Balaban J connectivity index is 1.67. The van der Waals surface area contributed by atoms with Gasteiger partial charge in [0, 0.05) is 31.0 Å². The van der Waals surface area contributed by atoms with Crippen molar-refractivity contribution in [3.05, 3.63) is 76.3 Å². The fraction of sp³-hybridized carbons (Fsp3) is 0.286. The number of aliphatic hydroxyl groups excluding tert-OH is 1. The Kier molecular flexibility index (Phi) is 7.39. The van der Waals surface area contributed by atoms with Crippen molar-refractivity contribution < 1.29 is 14.6 Å². The van der Waals surface area contributed by atoms with Crippen molar-refractivity contribution in [2.75, 3.05) is 20.3 Å². The summed E-state index contributed by atoms with van der Waals surface area (Å²) in [5, 5.41) is 14.7. The molecule has 0 aliphatic carbocycles. The van der Waals surface area contributed by atoms with E-state index in [0.717, 1.165) is 17.1 Å². The number of hydrogen-bond acceptors (Lipinski definition) is 5. The van der Waals surface area contributed by atoms with Crippen LogP contribution in [-0.4, -0.2) is 41.0 Å². The number of aryl methyl sites for hydroxylation is 1. The van der Waals surface area contributed by atoms with Gasteiger partial charge in [-0.2, -0.15) is 0 Å². The smallest absolute Gasteiger partial charge is 0.138 e. The molecule has 2 atom stereocenters. The van der Waals surface area contributed by atoms with Gasteiger partial charge < -0.3 is 24.5 Å². The van der Waals surface area contributed by atoms with Gasteiger partial charge in [-0.1, -0.05) is 35.3 Å². The molecule has 3 rings (SSSR count). The third-order valence-electron chi connectivity index (χ3n) is 4.43. The first-order valence-electron chi connectivity index (χ1n) is 9.08. The van der Waals surface area contributed by atoms with Gasteiger partial charge in [-0.25, -0.2) is 4.98 Å². The molecule has 6 nitrogen and oxygen atoms in total. The molecule has 2 aromatic carbocycles. The van der Waals surface area contributed by atoms with E-state index < -0.39 is 6.10 Å². The molecule has 0 amide bonds. The van der Waals surface area contributed by atoms with E-state index in [1.54, 1.807) is 31.5 Å². The minimum absolute atomic E-state index is 0.0831. The highest BCUT2D eigenvalue weighted by Crippen LogP contribution is 2.28. The summed E-state index contributed by atoms with van der Waals surface area (Å²) in [6.07, 6.45) is 2.87. The van der Waals surface area contributed by atoms with Crippen LogP contribution in [0.2, 0.25) is 10.0 Å². The van der Waals surface area contributed by atoms with Crippen LogP contribution >= 0.6 is 23.2 Å². The highest BCUT2D eigenvalue weighted by Gasteiger charge is 2.20. The third kappa shape index (κ3) is 5.64. The lowest BCUT2D eigenvalue weighted by Gasteiger charge is -2.22. The largest absolute Gasteiger partial charge is 0.497 e. The van der Waals surface area contributed by atoms with Crippen LogP contribution in [0.25, 0.3) is 0 Å². The van der Waals surface area contributed by atoms with Gasteiger partial charge in [0.1, 0.15) is 30.0 Å². The maximum atomic E-state index is 10.4. The molecular formula is C21H23Cl2N3O3. The average Bonchev–Trinajstić information content (AvgIpc) is 3.13. The lowest BCUT2D eigenvalue weighted by Crippen LogP contribution is -2.35. The van der Waals surface area contributed by atoms with Crippen LogP contribution in [-0.2, 0) is 7.05 Å². The van der Waals surface area contributed by atoms with E-state index in [2.05, 4.69) is 10.3 Å². The highest BCUT2D eigenvalue weighted by molar-refractivity contribution is 6.35. The number of ether oxygens (including phenoxy) is 2. The first-order valence-corrected chi connectivity index (χ1v) is 9.84. The topological polar surface area (TPSA) is 68.5 Å². The third-order valence-corrected chi connectivity index (χ3v) is 4.96. The molecule has 0 saturated carbocycles. The van der Waals surface area contributed by atoms with Gasteiger partial charge in [0.15, 0.2) is 0 Å². The van der Waals surface area contributed by atoms with Crippen LogP contribution in [0, 0.1) is 0 Å². The number of aliphatic hydroxyl groups is 1. The molecule has 29 heavy (non-hydrogen) atoms. The second kappa shape index (κ2) is 9.98. The number of halogens is 2. The van der Waals surface area contributed by atoms with Gasteiger partial charge in [0.2, 0.25) is 0 Å². The molecule has 8 heteroatoms. The van der Waals surface area contributed by atoms with Crippen LogP contribution < -0.4 is 14.8 Å². The Morgan fingerprint density at radius 1 is 1.21 bits per heavy atom. The SMILES string of the molecule is COc1cccc(C(NCC(O)COc2ccc(Cl)cc2Cl)c2nccn2C)c1. The quantitative estimate of drug-likeness (QED) is 0.533. The van der Waals surface area contributed by atoms with E-state index in [9.17, 15) is 5.11 Å². The van der Waals surface area contributed by atoms with Crippen molar-refractivity contribution in [3.8, 4) is 11.5 Å². The molecule has 0 saturated heterocycles. The lowest BCUT2D eigenvalue weighted by atomic mass is 10.1. The summed E-state index contributed by atoms with van der Waals surface area (Å²) in [6, 6.07) is 12.5. The van der Waals surface area contributed by atoms with Gasteiger partial charge in [-0.3, -0.25) is 0 Å². The first kappa shape index (κ1) is 21.5. The normalized spacial score (nSPS) is 13.1. The second-order valence-electron chi connectivity index (χ2n) is 6.55. The van der Waals surface area contributed by atoms with Crippen LogP contribution in [0.5, 0.6) is 11.5 Å². The molecule has 154 valence electrons. The number of aromatic nitrogens is 2. The van der Waals surface area contributed by atoms with Crippen LogP contribution in [0.4, 0.5) is 0 Å². The second-order valence-corrected chi connectivity index (χ2v) is 7.40. The summed E-state index contributed by atoms with van der Waals surface area (Å²) in [7, 11) is 3.56. The fourth-order valence-corrected chi connectivity index (χ4v) is 3.39. The number of nitrogens with zero attached hydrogens (tertiary/aromatic N) is 2. The summed E-state index contributed by atoms with van der Waals surface area (Å²) in [6.45, 7) is 0.375. The maximum absolute atomic E-state index is 10.4. The number of rotatable bonds is 9. The minimum Gasteiger partial charge on any atom is -0.497 e. The van der Waals surface area contributed by atoms with Gasteiger partial charge in [-0.05, 0) is 35.9 Å². The highest BCUT2D eigenvalue weighted by atomic mass is 35.5. The maximum Gasteiger partial charge on any atom is 0.138 e. The van der Waals surface area contributed by atoms with Crippen molar-refractivity contribution in [2.24, 2.45) is 7.05 Å². The number of benzene rings is 2. The van der Waals surface area contributed by atoms with E-state index in [1.807, 2.05) is 42.1 Å². The summed E-state index contributed by atoms with van der Waals surface area (Å²) in [4.78, 5) is 4.46. The Morgan fingerprint density at radius 2 is 2.03 bits per heavy atom. The fourth-order valence-electron chi connectivity index (χ4n) is 2.93. The summed E-state index contributed by atoms with van der Waals surface area (Å²) < 4.78 is 12.9. The minimum atomic E-state index is -0.755. The zero-order chi connectivity index (χ0) is 20.8. The number of methoxy groups -OCH3 is 1. The molecule has 2 N–H and O–H groups in total. The van der Waals surface area contributed by atoms with Gasteiger partial charge in [0.25, 0.3) is 0 Å². The van der Waals surface area contributed by atoms with Gasteiger partial charge in [-0.15, -0.1) is 0 Å². The molecule has 0 fully saturated rings. The van der Waals surface area contributed by atoms with Crippen molar-refractivity contribution in [1.29, 1.82) is 0 Å². The Hall–Kier alpha value is -2.25. The molecule has 1 aromatic heterocycles. The Morgan fingerprint density at radius 3 is 2.72 bits per heavy atom. The lowest BCUT2D eigenvalue weighted by molar-refractivity contribution is 0.104.